The highest BCUT2D eigenvalue weighted by molar-refractivity contribution is 5.76. The number of aliphatic hydroxyl groups is 1. The minimum Gasteiger partial charge on any atom is -1.00 e. The Morgan fingerprint density at radius 1 is 0.641 bits per heavy atom. The molecule has 2 atom stereocenters. The average Bonchev–Trinajstić information content (AvgIpc) is 3.33. The lowest BCUT2D eigenvalue weighted by molar-refractivity contribution is -0.884. The quantitative estimate of drug-likeness (QED) is 0.0580. The van der Waals surface area contributed by atoms with Crippen molar-refractivity contribution in [2.45, 2.75) is 188 Å². The predicted molar refractivity (Wildman–Crippen MR) is 170 cm³/mol. The minimum atomic E-state index is -0.317. The lowest BCUT2D eigenvalue weighted by Gasteiger charge is -2.37. The number of rotatable bonds is 28. The second-order valence-electron chi connectivity index (χ2n) is 12.3. The first-order chi connectivity index (χ1) is 18.7. The molecule has 0 bridgehead atoms. The number of aliphatic hydroxyl groups excluding tert-OH is 1. The summed E-state index contributed by atoms with van der Waals surface area (Å²) < 4.78 is 0.765. The van der Waals surface area contributed by atoms with Gasteiger partial charge in [-0.3, -0.25) is 4.48 Å². The first-order valence-electron chi connectivity index (χ1n) is 17.4. The second-order valence-corrected chi connectivity index (χ2v) is 12.3. The number of allylic oxidation sites excluding steroid dienone is 2. The van der Waals surface area contributed by atoms with Crippen LogP contribution >= 0.6 is 0 Å². The van der Waals surface area contributed by atoms with Gasteiger partial charge in [0.2, 0.25) is 5.84 Å². The zero-order valence-electron chi connectivity index (χ0n) is 26.8. The molecule has 39 heavy (non-hydrogen) atoms. The fraction of sp³-hybridized carbons (Fsp3) is 0.914. The molecule has 1 aliphatic rings. The van der Waals surface area contributed by atoms with E-state index in [0.717, 1.165) is 30.5 Å². The molecule has 0 fully saturated rings. The van der Waals surface area contributed by atoms with Crippen molar-refractivity contribution in [3.8, 4) is 0 Å². The molecule has 0 saturated carbocycles. The highest BCUT2D eigenvalue weighted by Crippen LogP contribution is 2.25. The van der Waals surface area contributed by atoms with Crippen LogP contribution in [0.25, 0.3) is 0 Å². The maximum Gasteiger partial charge on any atom is 0.200 e. The summed E-state index contributed by atoms with van der Waals surface area (Å²) in [5, 5.41) is 10.7. The van der Waals surface area contributed by atoms with Crippen LogP contribution in [0.4, 0.5) is 0 Å². The fourth-order valence-corrected chi connectivity index (χ4v) is 6.17. The van der Waals surface area contributed by atoms with Crippen LogP contribution in [0.5, 0.6) is 0 Å². The maximum atomic E-state index is 10.7. The van der Waals surface area contributed by atoms with Gasteiger partial charge in [-0.05, 0) is 44.9 Å². The van der Waals surface area contributed by atoms with Crippen LogP contribution in [0, 0.1) is 0 Å². The van der Waals surface area contributed by atoms with Crippen molar-refractivity contribution in [3.63, 3.8) is 0 Å². The lowest BCUT2D eigenvalue weighted by atomic mass is 10.0. The monoisotopic (exact) mass is 569 g/mol. The van der Waals surface area contributed by atoms with Crippen molar-refractivity contribution < 1.29 is 22.0 Å². The smallest absolute Gasteiger partial charge is 0.200 e. The number of nitrogens with zero attached hydrogens (tertiary/aromatic N) is 2. The number of unbranched alkanes of at least 4 members (excludes halogenated alkanes) is 21. The Bertz CT molecular complexity index is 577. The van der Waals surface area contributed by atoms with Gasteiger partial charge in [0.15, 0.2) is 6.23 Å². The van der Waals surface area contributed by atoms with E-state index in [1.807, 2.05) is 6.92 Å². The average molecular weight is 569 g/mol. The molecule has 0 aliphatic carbocycles. The number of quaternary nitrogens is 1. The summed E-state index contributed by atoms with van der Waals surface area (Å²) in [5.74, 6) is 1.30. The SMILES string of the molecule is CCCCCCCCC=CCCCCCCCC[N+]1(C(C)O)CCN=C1CCCCCCCCCCCC.[Cl-]. The predicted octanol–water partition coefficient (Wildman–Crippen LogP) is 7.91. The van der Waals surface area contributed by atoms with Crippen LogP contribution < -0.4 is 12.4 Å². The molecule has 0 radical (unpaired) electrons. The number of halogens is 1. The van der Waals surface area contributed by atoms with E-state index in [1.165, 1.54) is 160 Å². The molecule has 2 unspecified atom stereocenters. The van der Waals surface area contributed by atoms with E-state index in [0.29, 0.717) is 0 Å². The Kier molecular flexibility index (Phi) is 27.5. The Morgan fingerprint density at radius 3 is 1.51 bits per heavy atom. The first kappa shape index (κ1) is 38.6. The van der Waals surface area contributed by atoms with Gasteiger partial charge in [-0.2, -0.15) is 0 Å². The molecule has 0 amide bonds. The summed E-state index contributed by atoms with van der Waals surface area (Å²) >= 11 is 0. The molecular weight excluding hydrogens is 500 g/mol. The molecule has 1 N–H and O–H groups in total. The van der Waals surface area contributed by atoms with Gasteiger partial charge in [-0.1, -0.05) is 135 Å². The third-order valence-corrected chi connectivity index (χ3v) is 8.85. The zero-order valence-corrected chi connectivity index (χ0v) is 27.5. The number of hydrogen-bond acceptors (Lipinski definition) is 2. The molecule has 1 aliphatic heterocycles. The van der Waals surface area contributed by atoms with Crippen LogP contribution in [-0.4, -0.2) is 41.3 Å². The molecular formula is C35H69ClN2O. The lowest BCUT2D eigenvalue weighted by Crippen LogP contribution is -3.00. The molecule has 0 aromatic carbocycles. The molecule has 4 heteroatoms. The van der Waals surface area contributed by atoms with E-state index in [9.17, 15) is 5.11 Å². The molecule has 0 aromatic rings. The minimum absolute atomic E-state index is 0. The van der Waals surface area contributed by atoms with Gasteiger partial charge in [0, 0.05) is 13.3 Å². The van der Waals surface area contributed by atoms with Gasteiger partial charge in [0.05, 0.1) is 13.1 Å². The Labute approximate surface area is 251 Å². The van der Waals surface area contributed by atoms with Gasteiger partial charge in [0.25, 0.3) is 0 Å². The largest absolute Gasteiger partial charge is 1.00 e. The summed E-state index contributed by atoms with van der Waals surface area (Å²) in [6, 6.07) is 0. The standard InChI is InChI=1S/C35H69N2O.ClH/c1-4-6-8-10-12-14-16-17-18-19-20-21-23-25-27-29-32-37(34(3)38)33-31-36-35(37)30-28-26-24-22-15-13-11-9-7-5-2;/h17-18,34,38H,4-16,19-33H2,1-3H3;1H/q+1;/p-1. The van der Waals surface area contributed by atoms with Gasteiger partial charge < -0.3 is 17.5 Å². The van der Waals surface area contributed by atoms with Crippen LogP contribution in [-0.2, 0) is 0 Å². The van der Waals surface area contributed by atoms with Crippen LogP contribution in [0.2, 0.25) is 0 Å². The summed E-state index contributed by atoms with van der Waals surface area (Å²) in [6.07, 6.45) is 38.2. The van der Waals surface area contributed by atoms with Crippen LogP contribution in [0.1, 0.15) is 181 Å². The summed E-state index contributed by atoms with van der Waals surface area (Å²) in [6.45, 7) is 9.57. The van der Waals surface area contributed by atoms with E-state index >= 15 is 0 Å². The molecule has 232 valence electrons. The van der Waals surface area contributed by atoms with Gasteiger partial charge in [0.1, 0.15) is 6.54 Å². The van der Waals surface area contributed by atoms with Crippen molar-refractivity contribution in [1.29, 1.82) is 0 Å². The number of hydrogen-bond donors (Lipinski definition) is 1. The summed E-state index contributed by atoms with van der Waals surface area (Å²) in [7, 11) is 0. The van der Waals surface area contributed by atoms with Crippen molar-refractivity contribution >= 4 is 5.84 Å². The molecule has 0 spiro atoms. The van der Waals surface area contributed by atoms with Crippen LogP contribution in [0.15, 0.2) is 17.1 Å². The summed E-state index contributed by atoms with van der Waals surface area (Å²) in [5.41, 5.74) is 0. The molecule has 3 nitrogen and oxygen atoms in total. The van der Waals surface area contributed by atoms with Gasteiger partial charge in [-0.15, -0.1) is 0 Å². The Balaban J connectivity index is 0.0000144. The summed E-state index contributed by atoms with van der Waals surface area (Å²) in [4.78, 5) is 4.90. The zero-order chi connectivity index (χ0) is 27.6. The van der Waals surface area contributed by atoms with Crippen molar-refractivity contribution in [3.05, 3.63) is 12.2 Å². The molecule has 1 heterocycles. The van der Waals surface area contributed by atoms with Crippen molar-refractivity contribution in [1.82, 2.24) is 0 Å². The number of aliphatic imine (C=N–C) groups is 1. The van der Waals surface area contributed by atoms with Gasteiger partial charge >= 0.3 is 0 Å². The number of amidine groups is 1. The Hall–Kier alpha value is -0.380. The van der Waals surface area contributed by atoms with E-state index in [-0.39, 0.29) is 18.6 Å². The van der Waals surface area contributed by atoms with Crippen LogP contribution in [0.3, 0.4) is 0 Å². The normalized spacial score (nSPS) is 18.0. The van der Waals surface area contributed by atoms with Crippen molar-refractivity contribution in [2.75, 3.05) is 19.6 Å². The molecule has 0 aromatic heterocycles. The topological polar surface area (TPSA) is 32.6 Å². The highest BCUT2D eigenvalue weighted by Gasteiger charge is 2.41. The maximum absolute atomic E-state index is 10.7. The Morgan fingerprint density at radius 2 is 1.05 bits per heavy atom. The van der Waals surface area contributed by atoms with E-state index in [1.54, 1.807) is 0 Å². The van der Waals surface area contributed by atoms with E-state index in [2.05, 4.69) is 26.0 Å². The van der Waals surface area contributed by atoms with E-state index in [4.69, 9.17) is 4.99 Å². The third kappa shape index (κ3) is 19.4. The highest BCUT2D eigenvalue weighted by atomic mass is 35.5. The fourth-order valence-electron chi connectivity index (χ4n) is 6.17. The molecule has 0 saturated heterocycles. The third-order valence-electron chi connectivity index (χ3n) is 8.85. The molecule has 1 rings (SSSR count). The van der Waals surface area contributed by atoms with Gasteiger partial charge in [-0.25, -0.2) is 4.99 Å². The first-order valence-corrected chi connectivity index (χ1v) is 17.4. The van der Waals surface area contributed by atoms with E-state index < -0.39 is 0 Å². The second kappa shape index (κ2) is 27.8. The van der Waals surface area contributed by atoms with Crippen molar-refractivity contribution in [2.24, 2.45) is 4.99 Å².